The topological polar surface area (TPSA) is 178 Å². The average molecular weight is 676 g/mol. The Bertz CT molecular complexity index is 1940. The number of anilines is 2. The Labute approximate surface area is 280 Å². The molecule has 256 valence electrons. The number of hydrogen-bond donors (Lipinski definition) is 2. The number of amidine groups is 1. The van der Waals surface area contributed by atoms with E-state index in [0.29, 0.717) is 79.5 Å². The average Bonchev–Trinajstić information content (AvgIpc) is 3.73. The van der Waals surface area contributed by atoms with Crippen LogP contribution < -0.4 is 15.4 Å². The standard InChI is InChI=1S/C31H35F2N13O3/c1-18(36-22(17-34)29(35-2)45-11-14-48-15-12-45)37-23-16-21(38-20-9-7-8-19(26(20)47-4)28-41-43-44(3)42-28)25-30(39-23)46(31(40-25)27(32)33)24-10-5-6-13-49-24/h7-9,16,24,27H,2,5-6,10-15H2,1,3-4H3,(H2,36,37,38,39)/b29-22+. The van der Waals surface area contributed by atoms with Gasteiger partial charge in [0.05, 0.1) is 44.3 Å². The summed E-state index contributed by atoms with van der Waals surface area (Å²) in [7, 11) is 3.15. The molecule has 1 atom stereocenters. The summed E-state index contributed by atoms with van der Waals surface area (Å²) in [6.45, 7) is 7.80. The number of nitrogens with one attached hydrogen (secondary N) is 2. The number of methoxy groups -OCH3 is 1. The zero-order chi connectivity index (χ0) is 34.5. The fourth-order valence-electron chi connectivity index (χ4n) is 5.78. The monoisotopic (exact) mass is 675 g/mol. The summed E-state index contributed by atoms with van der Waals surface area (Å²) in [6, 6.07) is 9.03. The number of allylic oxidation sites excluding steroid dienone is 1. The molecule has 0 bridgehead atoms. The Morgan fingerprint density at radius 3 is 2.65 bits per heavy atom. The second-order valence-electron chi connectivity index (χ2n) is 11.2. The number of aryl methyl sites for hydroxylation is 1. The number of fused-ring (bicyclic) bond motifs is 1. The van der Waals surface area contributed by atoms with Crippen molar-refractivity contribution in [2.75, 3.05) is 45.3 Å². The number of benzene rings is 1. The maximum Gasteiger partial charge on any atom is 0.295 e. The van der Waals surface area contributed by atoms with Gasteiger partial charge in [-0.05, 0) is 50.2 Å². The fraction of sp³-hybridized carbons (Fsp3) is 0.419. The zero-order valence-electron chi connectivity index (χ0n) is 27.2. The molecule has 2 aliphatic heterocycles. The molecule has 0 saturated carbocycles. The van der Waals surface area contributed by atoms with E-state index >= 15 is 0 Å². The SMILES string of the molecule is C=N/C(=C(/C#N)NC(C)=Nc1cc(Nc2cccc(-c3nnn(C)n3)c2OC)c2nc(C(F)F)n(C3CCCCO3)c2n1)N1CCOCC1. The smallest absolute Gasteiger partial charge is 0.295 e. The third-order valence-corrected chi connectivity index (χ3v) is 7.92. The molecule has 49 heavy (non-hydrogen) atoms. The number of ether oxygens (including phenoxy) is 3. The van der Waals surface area contributed by atoms with Crippen molar-refractivity contribution in [2.45, 2.75) is 38.8 Å². The molecule has 2 aliphatic rings. The van der Waals surface area contributed by atoms with Gasteiger partial charge >= 0.3 is 0 Å². The number of aromatic nitrogens is 7. The molecule has 16 nitrogen and oxygen atoms in total. The van der Waals surface area contributed by atoms with Crippen molar-refractivity contribution in [3.05, 3.63) is 41.6 Å². The van der Waals surface area contributed by atoms with E-state index < -0.39 is 18.5 Å². The summed E-state index contributed by atoms with van der Waals surface area (Å²) in [5.74, 6) is 1.07. The quantitative estimate of drug-likeness (QED) is 0.138. The number of nitriles is 1. The third-order valence-electron chi connectivity index (χ3n) is 7.92. The number of rotatable bonds is 10. The summed E-state index contributed by atoms with van der Waals surface area (Å²) < 4.78 is 47.6. The van der Waals surface area contributed by atoms with Crippen molar-refractivity contribution >= 4 is 40.9 Å². The first kappa shape index (κ1) is 33.4. The molecule has 1 aromatic carbocycles. The summed E-state index contributed by atoms with van der Waals surface area (Å²) in [5.41, 5.74) is 1.84. The van der Waals surface area contributed by atoms with E-state index in [0.717, 1.165) is 12.8 Å². The lowest BCUT2D eigenvalue weighted by atomic mass is 10.1. The molecule has 0 radical (unpaired) electrons. The van der Waals surface area contributed by atoms with Gasteiger partial charge in [0.2, 0.25) is 5.82 Å². The molecule has 2 N–H and O–H groups in total. The number of imidazole rings is 1. The van der Waals surface area contributed by atoms with Gasteiger partial charge in [0.15, 0.2) is 34.6 Å². The number of para-hydroxylation sites is 1. The van der Waals surface area contributed by atoms with Crippen molar-refractivity contribution in [2.24, 2.45) is 17.0 Å². The number of pyridine rings is 1. The van der Waals surface area contributed by atoms with Gasteiger partial charge in [0, 0.05) is 25.8 Å². The van der Waals surface area contributed by atoms with Crippen molar-refractivity contribution < 1.29 is 23.0 Å². The van der Waals surface area contributed by atoms with Crippen molar-refractivity contribution in [1.82, 2.24) is 45.0 Å². The zero-order valence-corrected chi connectivity index (χ0v) is 27.2. The van der Waals surface area contributed by atoms with E-state index in [2.05, 4.69) is 58.8 Å². The molecule has 1 unspecified atom stereocenters. The second-order valence-corrected chi connectivity index (χ2v) is 11.2. The van der Waals surface area contributed by atoms with Crippen LogP contribution in [0.4, 0.5) is 26.0 Å². The molecule has 6 rings (SSSR count). The fourth-order valence-corrected chi connectivity index (χ4v) is 5.78. The number of nitrogens with zero attached hydrogens (tertiary/aromatic N) is 11. The lowest BCUT2D eigenvalue weighted by Gasteiger charge is -2.29. The van der Waals surface area contributed by atoms with Crippen molar-refractivity contribution in [1.29, 1.82) is 5.26 Å². The first-order valence-electron chi connectivity index (χ1n) is 15.6. The van der Waals surface area contributed by atoms with Gasteiger partial charge in [-0.3, -0.25) is 4.57 Å². The van der Waals surface area contributed by atoms with Crippen LogP contribution in [0, 0.1) is 11.3 Å². The van der Waals surface area contributed by atoms with Gasteiger partial charge in [0.25, 0.3) is 6.43 Å². The predicted molar refractivity (Wildman–Crippen MR) is 176 cm³/mol. The van der Waals surface area contributed by atoms with E-state index in [9.17, 15) is 14.0 Å². The van der Waals surface area contributed by atoms with Crippen LogP contribution >= 0.6 is 0 Å². The van der Waals surface area contributed by atoms with Crippen LogP contribution in [-0.2, 0) is 16.5 Å². The van der Waals surface area contributed by atoms with E-state index in [4.69, 9.17) is 14.2 Å². The van der Waals surface area contributed by atoms with E-state index in [1.807, 2.05) is 4.90 Å². The van der Waals surface area contributed by atoms with Crippen LogP contribution in [0.1, 0.15) is 44.7 Å². The van der Waals surface area contributed by atoms with Crippen LogP contribution in [0.2, 0.25) is 0 Å². The largest absolute Gasteiger partial charge is 0.494 e. The number of tetrazole rings is 1. The van der Waals surface area contributed by atoms with Gasteiger partial charge in [-0.25, -0.2) is 28.7 Å². The molecular formula is C31H35F2N13O3. The maximum atomic E-state index is 14.6. The Morgan fingerprint density at radius 2 is 2.00 bits per heavy atom. The Kier molecular flexibility index (Phi) is 10.0. The highest BCUT2D eigenvalue weighted by atomic mass is 19.3. The molecule has 0 amide bonds. The molecule has 18 heteroatoms. The highest BCUT2D eigenvalue weighted by Crippen LogP contribution is 2.40. The number of hydrogen-bond acceptors (Lipinski definition) is 13. The molecule has 0 spiro atoms. The van der Waals surface area contributed by atoms with Crippen molar-refractivity contribution in [3.8, 4) is 23.2 Å². The summed E-state index contributed by atoms with van der Waals surface area (Å²) in [6.07, 6.45) is -1.46. The minimum atomic E-state index is -2.91. The molecule has 3 aromatic heterocycles. The molecule has 5 heterocycles. The maximum absolute atomic E-state index is 14.6. The third kappa shape index (κ3) is 7.03. The van der Waals surface area contributed by atoms with Gasteiger partial charge in [0.1, 0.15) is 23.6 Å². The van der Waals surface area contributed by atoms with Crippen LogP contribution in [-0.4, -0.2) is 92.2 Å². The minimum absolute atomic E-state index is 0.136. The molecule has 2 saturated heterocycles. The Morgan fingerprint density at radius 1 is 1.18 bits per heavy atom. The number of morpholine rings is 1. The predicted octanol–water partition coefficient (Wildman–Crippen LogP) is 4.38. The molecular weight excluding hydrogens is 640 g/mol. The van der Waals surface area contributed by atoms with Crippen LogP contribution in [0.3, 0.4) is 0 Å². The van der Waals surface area contributed by atoms with E-state index in [-0.39, 0.29) is 22.7 Å². The number of alkyl halides is 2. The van der Waals surface area contributed by atoms with Gasteiger partial charge < -0.3 is 29.7 Å². The second kappa shape index (κ2) is 14.7. The lowest BCUT2D eigenvalue weighted by molar-refractivity contribution is -0.0363. The number of aliphatic imine (C=N–C) groups is 2. The van der Waals surface area contributed by atoms with Gasteiger partial charge in [-0.2, -0.15) is 10.1 Å². The highest BCUT2D eigenvalue weighted by molar-refractivity contribution is 5.93. The van der Waals surface area contributed by atoms with Gasteiger partial charge in [-0.1, -0.05) is 6.07 Å². The normalized spacial score (nSPS) is 17.5. The molecule has 0 aliphatic carbocycles. The first-order valence-corrected chi connectivity index (χ1v) is 15.6. The van der Waals surface area contributed by atoms with E-state index in [1.54, 1.807) is 38.2 Å². The number of halogens is 2. The van der Waals surface area contributed by atoms with Crippen LogP contribution in [0.25, 0.3) is 22.6 Å². The van der Waals surface area contributed by atoms with E-state index in [1.165, 1.54) is 16.5 Å². The highest BCUT2D eigenvalue weighted by Gasteiger charge is 2.29. The minimum Gasteiger partial charge on any atom is -0.494 e. The van der Waals surface area contributed by atoms with Crippen LogP contribution in [0.15, 0.2) is 45.8 Å². The Hall–Kier alpha value is -5.54. The first-order chi connectivity index (χ1) is 23.8. The molecule has 4 aromatic rings. The summed E-state index contributed by atoms with van der Waals surface area (Å²) >= 11 is 0. The lowest BCUT2D eigenvalue weighted by Crippen LogP contribution is -2.37. The van der Waals surface area contributed by atoms with Crippen LogP contribution in [0.5, 0.6) is 5.75 Å². The summed E-state index contributed by atoms with van der Waals surface area (Å²) in [5, 5.41) is 28.6. The van der Waals surface area contributed by atoms with Gasteiger partial charge in [-0.15, -0.1) is 10.2 Å². The molecule has 2 fully saturated rings. The Balaban J connectivity index is 1.47. The summed E-state index contributed by atoms with van der Waals surface area (Å²) in [4.78, 5) is 21.0. The van der Waals surface area contributed by atoms with Crippen molar-refractivity contribution in [3.63, 3.8) is 0 Å².